The van der Waals surface area contributed by atoms with Crippen LogP contribution in [0.3, 0.4) is 0 Å². The summed E-state index contributed by atoms with van der Waals surface area (Å²) in [5, 5.41) is 3.12. The van der Waals surface area contributed by atoms with Crippen LogP contribution >= 0.6 is 0 Å². The lowest BCUT2D eigenvalue weighted by Gasteiger charge is -2.29. The number of fused-ring (bicyclic) bond motifs is 1. The number of ether oxygens (including phenoxy) is 1. The molecular weight excluding hydrogens is 356 g/mol. The van der Waals surface area contributed by atoms with Crippen LogP contribution in [0.4, 0.5) is 5.95 Å². The molecular formula is C21H26N4O3. The normalized spacial score (nSPS) is 30.7. The average Bonchev–Trinajstić information content (AvgIpc) is 3.39. The van der Waals surface area contributed by atoms with E-state index in [4.69, 9.17) is 9.15 Å². The van der Waals surface area contributed by atoms with Gasteiger partial charge in [0, 0.05) is 36.8 Å². The van der Waals surface area contributed by atoms with Crippen molar-refractivity contribution in [1.82, 2.24) is 15.3 Å². The fourth-order valence-corrected chi connectivity index (χ4v) is 5.37. The summed E-state index contributed by atoms with van der Waals surface area (Å²) < 4.78 is 12.0. The molecule has 3 saturated heterocycles. The van der Waals surface area contributed by atoms with Crippen molar-refractivity contribution in [3.8, 4) is 0 Å². The SMILES string of the molecule is Cc1ccnc(N2C[C@@H]3[C@H](CNC(=O)c4cc(C)oc4C)[C@H]4CC[C@]3(C2)O4)n1. The monoisotopic (exact) mass is 382 g/mol. The maximum atomic E-state index is 12.6. The summed E-state index contributed by atoms with van der Waals surface area (Å²) in [5.74, 6) is 2.85. The van der Waals surface area contributed by atoms with Crippen LogP contribution < -0.4 is 10.2 Å². The predicted octanol–water partition coefficient (Wildman–Crippen LogP) is 2.41. The molecule has 1 amide bonds. The minimum Gasteiger partial charge on any atom is -0.466 e. The lowest BCUT2D eigenvalue weighted by atomic mass is 9.73. The molecule has 148 valence electrons. The van der Waals surface area contributed by atoms with Gasteiger partial charge in [0.2, 0.25) is 5.95 Å². The molecule has 0 saturated carbocycles. The molecule has 3 aliphatic rings. The standard InChI is InChI=1S/C21H26N4O3/c1-12-5-7-22-20(24-12)25-10-17-16(18-4-6-21(17,11-25)28-18)9-23-19(26)15-8-13(2)27-14(15)3/h5,7-8,16-18H,4,6,9-11H2,1-3H3,(H,23,26)/t16-,17+,18+,21+/m0/s1. The molecule has 0 aliphatic carbocycles. The number of nitrogens with one attached hydrogen (secondary N) is 1. The van der Waals surface area contributed by atoms with E-state index >= 15 is 0 Å². The maximum absolute atomic E-state index is 12.6. The highest BCUT2D eigenvalue weighted by atomic mass is 16.5. The van der Waals surface area contributed by atoms with Crippen molar-refractivity contribution in [2.75, 3.05) is 24.5 Å². The van der Waals surface area contributed by atoms with Crippen molar-refractivity contribution in [3.05, 3.63) is 41.1 Å². The van der Waals surface area contributed by atoms with E-state index in [9.17, 15) is 4.79 Å². The van der Waals surface area contributed by atoms with E-state index in [1.54, 1.807) is 6.07 Å². The second-order valence-electron chi connectivity index (χ2n) is 8.45. The zero-order chi connectivity index (χ0) is 19.5. The second kappa shape index (κ2) is 6.30. The number of rotatable bonds is 4. The van der Waals surface area contributed by atoms with Gasteiger partial charge in [-0.2, -0.15) is 0 Å². The molecule has 4 atom stereocenters. The van der Waals surface area contributed by atoms with Gasteiger partial charge in [-0.15, -0.1) is 0 Å². The Balaban J connectivity index is 1.30. The van der Waals surface area contributed by atoms with Crippen LogP contribution in [0.1, 0.15) is 40.4 Å². The molecule has 28 heavy (non-hydrogen) atoms. The number of nitrogens with zero attached hydrogens (tertiary/aromatic N) is 3. The molecule has 2 bridgehead atoms. The zero-order valence-corrected chi connectivity index (χ0v) is 16.6. The van der Waals surface area contributed by atoms with Crippen molar-refractivity contribution in [2.24, 2.45) is 11.8 Å². The van der Waals surface area contributed by atoms with Crippen molar-refractivity contribution in [2.45, 2.75) is 45.3 Å². The van der Waals surface area contributed by atoms with Crippen molar-refractivity contribution in [3.63, 3.8) is 0 Å². The van der Waals surface area contributed by atoms with E-state index < -0.39 is 0 Å². The fraction of sp³-hybridized carbons (Fsp3) is 0.571. The quantitative estimate of drug-likeness (QED) is 0.875. The highest BCUT2D eigenvalue weighted by Gasteiger charge is 2.63. The van der Waals surface area contributed by atoms with Gasteiger partial charge in [0.25, 0.3) is 5.91 Å². The second-order valence-corrected chi connectivity index (χ2v) is 8.45. The van der Waals surface area contributed by atoms with Gasteiger partial charge < -0.3 is 19.4 Å². The van der Waals surface area contributed by atoms with Crippen molar-refractivity contribution >= 4 is 11.9 Å². The molecule has 5 rings (SSSR count). The molecule has 0 unspecified atom stereocenters. The van der Waals surface area contributed by atoms with Crippen LogP contribution in [0.25, 0.3) is 0 Å². The predicted molar refractivity (Wildman–Crippen MR) is 103 cm³/mol. The summed E-state index contributed by atoms with van der Waals surface area (Å²) in [6.45, 7) is 8.01. The van der Waals surface area contributed by atoms with Gasteiger partial charge in [-0.3, -0.25) is 4.79 Å². The Morgan fingerprint density at radius 1 is 1.39 bits per heavy atom. The van der Waals surface area contributed by atoms with E-state index in [1.807, 2.05) is 33.0 Å². The number of aromatic nitrogens is 2. The van der Waals surface area contributed by atoms with Crippen molar-refractivity contribution in [1.29, 1.82) is 0 Å². The molecule has 7 nitrogen and oxygen atoms in total. The number of carbonyl (C=O) groups is 1. The van der Waals surface area contributed by atoms with Crippen LogP contribution in [-0.2, 0) is 4.74 Å². The molecule has 3 aliphatic heterocycles. The van der Waals surface area contributed by atoms with Crippen LogP contribution in [0.2, 0.25) is 0 Å². The minimum atomic E-state index is -0.116. The summed E-state index contributed by atoms with van der Waals surface area (Å²) in [4.78, 5) is 23.9. The summed E-state index contributed by atoms with van der Waals surface area (Å²) in [5.41, 5.74) is 1.48. The van der Waals surface area contributed by atoms with E-state index in [1.165, 1.54) is 0 Å². The largest absolute Gasteiger partial charge is 0.466 e. The Morgan fingerprint density at radius 2 is 2.25 bits per heavy atom. The number of anilines is 1. The Morgan fingerprint density at radius 3 is 3.00 bits per heavy atom. The number of hydrogen-bond donors (Lipinski definition) is 1. The van der Waals surface area contributed by atoms with Crippen LogP contribution in [0.15, 0.2) is 22.7 Å². The lowest BCUT2D eigenvalue weighted by Crippen LogP contribution is -2.41. The maximum Gasteiger partial charge on any atom is 0.254 e. The summed E-state index contributed by atoms with van der Waals surface area (Å²) in [7, 11) is 0. The summed E-state index contributed by atoms with van der Waals surface area (Å²) in [6, 6.07) is 3.72. The molecule has 2 aromatic heterocycles. The third kappa shape index (κ3) is 2.71. The molecule has 1 N–H and O–H groups in total. The van der Waals surface area contributed by atoms with E-state index in [0.29, 0.717) is 29.7 Å². The molecule has 0 aromatic carbocycles. The van der Waals surface area contributed by atoms with Gasteiger partial charge >= 0.3 is 0 Å². The molecule has 5 heterocycles. The topological polar surface area (TPSA) is 80.5 Å². The average molecular weight is 382 g/mol. The molecule has 0 radical (unpaired) electrons. The van der Waals surface area contributed by atoms with E-state index in [2.05, 4.69) is 20.2 Å². The first-order valence-electron chi connectivity index (χ1n) is 10.0. The van der Waals surface area contributed by atoms with Gasteiger partial charge in [-0.25, -0.2) is 9.97 Å². The first-order valence-corrected chi connectivity index (χ1v) is 10.0. The Kier molecular flexibility index (Phi) is 3.98. The van der Waals surface area contributed by atoms with Gasteiger partial charge in [-0.1, -0.05) is 0 Å². The molecule has 2 aromatic rings. The highest BCUT2D eigenvalue weighted by molar-refractivity contribution is 5.95. The Hall–Kier alpha value is -2.41. The highest BCUT2D eigenvalue weighted by Crippen LogP contribution is 2.54. The van der Waals surface area contributed by atoms with E-state index in [-0.39, 0.29) is 17.6 Å². The van der Waals surface area contributed by atoms with Gasteiger partial charge in [0.05, 0.1) is 23.8 Å². The Labute approximate surface area is 164 Å². The smallest absolute Gasteiger partial charge is 0.254 e. The summed E-state index contributed by atoms with van der Waals surface area (Å²) in [6.07, 6.45) is 4.19. The Bertz CT molecular complexity index is 926. The van der Waals surface area contributed by atoms with Crippen LogP contribution in [0.5, 0.6) is 0 Å². The number of amides is 1. The first-order chi connectivity index (χ1) is 13.4. The first kappa shape index (κ1) is 17.7. The summed E-state index contributed by atoms with van der Waals surface area (Å²) >= 11 is 0. The van der Waals surface area contributed by atoms with Crippen LogP contribution in [-0.4, -0.2) is 47.2 Å². The zero-order valence-electron chi connectivity index (χ0n) is 16.6. The van der Waals surface area contributed by atoms with E-state index in [0.717, 1.165) is 43.3 Å². The number of hydrogen-bond acceptors (Lipinski definition) is 6. The third-order valence-electron chi connectivity index (χ3n) is 6.63. The van der Waals surface area contributed by atoms with Gasteiger partial charge in [-0.05, 0) is 45.7 Å². The molecule has 3 fully saturated rings. The molecule has 7 heteroatoms. The van der Waals surface area contributed by atoms with Gasteiger partial charge in [0.15, 0.2) is 0 Å². The number of aryl methyl sites for hydroxylation is 3. The van der Waals surface area contributed by atoms with Crippen LogP contribution in [0, 0.1) is 32.6 Å². The van der Waals surface area contributed by atoms with Crippen molar-refractivity contribution < 1.29 is 13.9 Å². The lowest BCUT2D eigenvalue weighted by molar-refractivity contribution is 0.0141. The number of furan rings is 1. The number of carbonyl (C=O) groups excluding carboxylic acids is 1. The van der Waals surface area contributed by atoms with Gasteiger partial charge in [0.1, 0.15) is 11.5 Å². The third-order valence-corrected chi connectivity index (χ3v) is 6.63. The molecule has 1 spiro atoms. The minimum absolute atomic E-state index is 0.0666. The fourth-order valence-electron chi connectivity index (χ4n) is 5.37.